The van der Waals surface area contributed by atoms with Gasteiger partial charge in [-0.1, -0.05) is 23.7 Å². The lowest BCUT2D eigenvalue weighted by Gasteiger charge is -2.20. The van der Waals surface area contributed by atoms with Crippen molar-refractivity contribution in [3.63, 3.8) is 0 Å². The highest BCUT2D eigenvalue weighted by molar-refractivity contribution is 6.32. The SMILES string of the molecule is NCc1ccc(NC(=O)NCCc2cc(Cl)c3c(c2)OCCO3)cc1. The van der Waals surface area contributed by atoms with Gasteiger partial charge < -0.3 is 25.8 Å². The molecule has 3 rings (SSSR count). The van der Waals surface area contributed by atoms with Gasteiger partial charge in [-0.25, -0.2) is 4.79 Å². The first-order valence-corrected chi connectivity index (χ1v) is 8.45. The monoisotopic (exact) mass is 361 g/mol. The summed E-state index contributed by atoms with van der Waals surface area (Å²) >= 11 is 6.21. The van der Waals surface area contributed by atoms with Crippen molar-refractivity contribution in [1.82, 2.24) is 5.32 Å². The Hall–Kier alpha value is -2.44. The zero-order chi connectivity index (χ0) is 17.6. The van der Waals surface area contributed by atoms with Gasteiger partial charge in [-0.3, -0.25) is 0 Å². The molecule has 1 aliphatic heterocycles. The first-order chi connectivity index (χ1) is 12.2. The Balaban J connectivity index is 1.50. The second-order valence-corrected chi connectivity index (χ2v) is 6.04. The molecule has 25 heavy (non-hydrogen) atoms. The second-order valence-electron chi connectivity index (χ2n) is 5.63. The molecule has 132 valence electrons. The first-order valence-electron chi connectivity index (χ1n) is 8.07. The summed E-state index contributed by atoms with van der Waals surface area (Å²) in [5, 5.41) is 6.12. The highest BCUT2D eigenvalue weighted by atomic mass is 35.5. The van der Waals surface area contributed by atoms with Gasteiger partial charge in [0.05, 0.1) is 5.02 Å². The molecule has 6 nitrogen and oxygen atoms in total. The predicted octanol–water partition coefficient (Wildman–Crippen LogP) is 2.93. The van der Waals surface area contributed by atoms with Gasteiger partial charge in [0.15, 0.2) is 11.5 Å². The van der Waals surface area contributed by atoms with E-state index >= 15 is 0 Å². The largest absolute Gasteiger partial charge is 0.486 e. The standard InChI is InChI=1S/C18H20ClN3O3/c19-15-9-13(10-16-17(15)25-8-7-24-16)5-6-21-18(23)22-14-3-1-12(11-20)2-4-14/h1-4,9-10H,5-8,11,20H2,(H2,21,22,23). The van der Waals surface area contributed by atoms with Gasteiger partial charge in [-0.15, -0.1) is 0 Å². The van der Waals surface area contributed by atoms with E-state index in [-0.39, 0.29) is 6.03 Å². The lowest BCUT2D eigenvalue weighted by atomic mass is 10.1. The molecule has 0 aromatic heterocycles. The number of amides is 2. The van der Waals surface area contributed by atoms with Crippen LogP contribution in [0, 0.1) is 0 Å². The number of benzene rings is 2. The van der Waals surface area contributed by atoms with Gasteiger partial charge in [0.2, 0.25) is 0 Å². The van der Waals surface area contributed by atoms with Crippen LogP contribution in [0.25, 0.3) is 0 Å². The van der Waals surface area contributed by atoms with E-state index in [2.05, 4.69) is 10.6 Å². The summed E-state index contributed by atoms with van der Waals surface area (Å²) in [6.07, 6.45) is 0.635. The summed E-state index contributed by atoms with van der Waals surface area (Å²) < 4.78 is 11.0. The molecule has 0 saturated heterocycles. The van der Waals surface area contributed by atoms with E-state index in [1.54, 1.807) is 0 Å². The van der Waals surface area contributed by atoms with Crippen molar-refractivity contribution in [3.8, 4) is 11.5 Å². The van der Waals surface area contributed by atoms with Crippen LogP contribution in [-0.4, -0.2) is 25.8 Å². The van der Waals surface area contributed by atoms with Gasteiger partial charge in [-0.2, -0.15) is 0 Å². The van der Waals surface area contributed by atoms with Crippen LogP contribution in [0.1, 0.15) is 11.1 Å². The molecule has 0 spiro atoms. The molecule has 0 atom stereocenters. The highest BCUT2D eigenvalue weighted by Crippen LogP contribution is 2.38. The molecular formula is C18H20ClN3O3. The molecule has 0 unspecified atom stereocenters. The summed E-state index contributed by atoms with van der Waals surface area (Å²) in [5.41, 5.74) is 8.26. The minimum absolute atomic E-state index is 0.260. The zero-order valence-corrected chi connectivity index (χ0v) is 14.4. The Morgan fingerprint density at radius 3 is 2.64 bits per heavy atom. The predicted molar refractivity (Wildman–Crippen MR) is 97.5 cm³/mol. The maximum Gasteiger partial charge on any atom is 0.319 e. The Kier molecular flexibility index (Phi) is 5.63. The van der Waals surface area contributed by atoms with Crippen LogP contribution in [0.4, 0.5) is 10.5 Å². The molecule has 0 aliphatic carbocycles. The summed E-state index contributed by atoms with van der Waals surface area (Å²) in [6.45, 7) is 1.96. The van der Waals surface area contributed by atoms with Crippen molar-refractivity contribution >= 4 is 23.3 Å². The van der Waals surface area contributed by atoms with Crippen molar-refractivity contribution in [3.05, 3.63) is 52.5 Å². The van der Waals surface area contributed by atoms with E-state index in [9.17, 15) is 4.79 Å². The molecule has 2 amide bonds. The summed E-state index contributed by atoms with van der Waals surface area (Å²) in [6, 6.07) is 10.9. The molecule has 0 radical (unpaired) electrons. The fourth-order valence-corrected chi connectivity index (χ4v) is 2.82. The molecule has 2 aromatic carbocycles. The summed E-state index contributed by atoms with van der Waals surface area (Å²) in [7, 11) is 0. The fourth-order valence-electron chi connectivity index (χ4n) is 2.53. The van der Waals surface area contributed by atoms with Crippen molar-refractivity contribution < 1.29 is 14.3 Å². The Morgan fingerprint density at radius 1 is 1.12 bits per heavy atom. The molecule has 0 bridgehead atoms. The lowest BCUT2D eigenvalue weighted by molar-refractivity contribution is 0.171. The lowest BCUT2D eigenvalue weighted by Crippen LogP contribution is -2.30. The first kappa shape index (κ1) is 17.4. The average Bonchev–Trinajstić information content (AvgIpc) is 2.62. The van der Waals surface area contributed by atoms with Crippen LogP contribution in [0.15, 0.2) is 36.4 Å². The average molecular weight is 362 g/mol. The van der Waals surface area contributed by atoms with E-state index in [1.165, 1.54) is 0 Å². The minimum Gasteiger partial charge on any atom is -0.486 e. The number of hydrogen-bond acceptors (Lipinski definition) is 4. The third-order valence-corrected chi connectivity index (χ3v) is 4.08. The van der Waals surface area contributed by atoms with Gasteiger partial charge >= 0.3 is 6.03 Å². The molecule has 0 fully saturated rings. The van der Waals surface area contributed by atoms with Crippen LogP contribution < -0.4 is 25.8 Å². The van der Waals surface area contributed by atoms with Crippen molar-refractivity contribution in [2.24, 2.45) is 5.73 Å². The number of halogens is 1. The molecule has 7 heteroatoms. The van der Waals surface area contributed by atoms with E-state index in [1.807, 2.05) is 36.4 Å². The van der Waals surface area contributed by atoms with Gasteiger partial charge in [0.1, 0.15) is 13.2 Å². The van der Waals surface area contributed by atoms with Gasteiger partial charge in [0, 0.05) is 18.8 Å². The molecule has 2 aromatic rings. The number of fused-ring (bicyclic) bond motifs is 1. The van der Waals surface area contributed by atoms with Gasteiger partial charge in [-0.05, 0) is 41.8 Å². The molecule has 1 heterocycles. The number of urea groups is 1. The molecule has 0 saturated carbocycles. The zero-order valence-electron chi connectivity index (χ0n) is 13.7. The quantitative estimate of drug-likeness (QED) is 0.764. The van der Waals surface area contributed by atoms with Crippen molar-refractivity contribution in [2.75, 3.05) is 25.1 Å². The number of nitrogens with one attached hydrogen (secondary N) is 2. The molecule has 1 aliphatic rings. The summed E-state index contributed by atoms with van der Waals surface area (Å²) in [4.78, 5) is 11.9. The number of ether oxygens (including phenoxy) is 2. The Morgan fingerprint density at radius 2 is 1.88 bits per heavy atom. The smallest absolute Gasteiger partial charge is 0.319 e. The number of hydrogen-bond donors (Lipinski definition) is 3. The maximum absolute atomic E-state index is 11.9. The van der Waals surface area contributed by atoms with Crippen LogP contribution in [0.5, 0.6) is 11.5 Å². The normalized spacial score (nSPS) is 12.6. The Bertz CT molecular complexity index is 750. The van der Waals surface area contributed by atoms with Gasteiger partial charge in [0.25, 0.3) is 0 Å². The Labute approximate surface area is 151 Å². The number of nitrogens with two attached hydrogens (primary N) is 1. The van der Waals surface area contributed by atoms with E-state index in [0.717, 1.165) is 16.8 Å². The van der Waals surface area contributed by atoms with Crippen molar-refractivity contribution in [1.29, 1.82) is 0 Å². The minimum atomic E-state index is -0.260. The van der Waals surface area contributed by atoms with E-state index < -0.39 is 0 Å². The molecule has 4 N–H and O–H groups in total. The fraction of sp³-hybridized carbons (Fsp3) is 0.278. The topological polar surface area (TPSA) is 85.6 Å². The number of carbonyl (C=O) groups is 1. The third kappa shape index (κ3) is 4.55. The number of anilines is 1. The number of rotatable bonds is 5. The summed E-state index contributed by atoms with van der Waals surface area (Å²) in [5.74, 6) is 1.24. The van der Waals surface area contributed by atoms with Crippen LogP contribution >= 0.6 is 11.6 Å². The van der Waals surface area contributed by atoms with Crippen molar-refractivity contribution in [2.45, 2.75) is 13.0 Å². The highest BCUT2D eigenvalue weighted by Gasteiger charge is 2.16. The number of carbonyl (C=O) groups excluding carboxylic acids is 1. The van der Waals surface area contributed by atoms with Crippen LogP contribution in [0.3, 0.4) is 0 Å². The van der Waals surface area contributed by atoms with E-state index in [4.69, 9.17) is 26.8 Å². The second kappa shape index (κ2) is 8.09. The molecular weight excluding hydrogens is 342 g/mol. The van der Waals surface area contributed by atoms with Crippen LogP contribution in [-0.2, 0) is 13.0 Å². The van der Waals surface area contributed by atoms with Crippen LogP contribution in [0.2, 0.25) is 5.02 Å². The van der Waals surface area contributed by atoms with E-state index in [0.29, 0.717) is 49.2 Å². The third-order valence-electron chi connectivity index (χ3n) is 3.80. The maximum atomic E-state index is 11.9.